The third kappa shape index (κ3) is 4.15. The zero-order valence-electron chi connectivity index (χ0n) is 14.0. The average Bonchev–Trinajstić information content (AvgIpc) is 2.58. The summed E-state index contributed by atoms with van der Waals surface area (Å²) in [7, 11) is 0. The number of aryl methyl sites for hydroxylation is 1. The Labute approximate surface area is 143 Å². The van der Waals surface area contributed by atoms with E-state index in [-0.39, 0.29) is 18.1 Å². The highest BCUT2D eigenvalue weighted by Crippen LogP contribution is 2.28. The van der Waals surface area contributed by atoms with Gasteiger partial charge in [0.25, 0.3) is 0 Å². The summed E-state index contributed by atoms with van der Waals surface area (Å²) in [6.07, 6.45) is 2.19. The lowest BCUT2D eigenvalue weighted by molar-refractivity contribution is -0.123. The third-order valence-corrected chi connectivity index (χ3v) is 4.42. The number of carbonyl (C=O) groups is 1. The minimum atomic E-state index is -0.0743. The maximum Gasteiger partial charge on any atom is 0.224 e. The summed E-state index contributed by atoms with van der Waals surface area (Å²) in [5.74, 6) is 0.0207. The van der Waals surface area contributed by atoms with Gasteiger partial charge in [-0.3, -0.25) is 4.79 Å². The molecule has 126 valence electrons. The number of hydrogen-bond acceptors (Lipinski definition) is 3. The molecule has 2 atom stereocenters. The normalized spacial score (nSPS) is 20.5. The van der Waals surface area contributed by atoms with Crippen molar-refractivity contribution in [1.29, 1.82) is 0 Å². The van der Waals surface area contributed by atoms with Gasteiger partial charge in [0.1, 0.15) is 6.10 Å². The maximum absolute atomic E-state index is 12.4. The first-order chi connectivity index (χ1) is 11.6. The predicted octanol–water partition coefficient (Wildman–Crippen LogP) is 3.16. The fourth-order valence-electron chi connectivity index (χ4n) is 3.09. The first-order valence-corrected chi connectivity index (χ1v) is 8.44. The molecule has 2 aromatic rings. The Morgan fingerprint density at radius 1 is 1.17 bits per heavy atom. The predicted molar refractivity (Wildman–Crippen MR) is 95.6 cm³/mol. The maximum atomic E-state index is 12.4. The standard InChI is InChI=1S/C20H24N2O2/c1-14-4-8-16(9-5-14)20-18(3-2-12-24-20)22-19(23)13-15-6-10-17(21)11-7-15/h4-11,18,20H,2-3,12-13,21H2,1H3,(H,22,23). The highest BCUT2D eigenvalue weighted by atomic mass is 16.5. The van der Waals surface area contributed by atoms with Crippen LogP contribution < -0.4 is 11.1 Å². The van der Waals surface area contributed by atoms with Crippen LogP contribution >= 0.6 is 0 Å². The van der Waals surface area contributed by atoms with Crippen molar-refractivity contribution in [3.63, 3.8) is 0 Å². The Morgan fingerprint density at radius 3 is 2.58 bits per heavy atom. The number of anilines is 1. The summed E-state index contributed by atoms with van der Waals surface area (Å²) in [6, 6.07) is 15.8. The molecule has 4 nitrogen and oxygen atoms in total. The van der Waals surface area contributed by atoms with Crippen LogP contribution in [0.2, 0.25) is 0 Å². The molecule has 2 unspecified atom stereocenters. The Kier molecular flexibility index (Phi) is 5.16. The van der Waals surface area contributed by atoms with Crippen LogP contribution in [0.1, 0.15) is 35.6 Å². The van der Waals surface area contributed by atoms with Gasteiger partial charge in [0, 0.05) is 12.3 Å². The van der Waals surface area contributed by atoms with E-state index in [1.165, 1.54) is 5.56 Å². The number of hydrogen-bond donors (Lipinski definition) is 2. The van der Waals surface area contributed by atoms with Crippen LogP contribution in [-0.4, -0.2) is 18.6 Å². The van der Waals surface area contributed by atoms with Crippen molar-refractivity contribution in [1.82, 2.24) is 5.32 Å². The van der Waals surface area contributed by atoms with E-state index in [0.29, 0.717) is 12.1 Å². The van der Waals surface area contributed by atoms with Crippen LogP contribution in [0.4, 0.5) is 5.69 Å². The molecule has 1 amide bonds. The van der Waals surface area contributed by atoms with Gasteiger partial charge in [-0.1, -0.05) is 42.0 Å². The molecule has 0 aliphatic carbocycles. The largest absolute Gasteiger partial charge is 0.399 e. The van der Waals surface area contributed by atoms with Crippen molar-refractivity contribution in [2.24, 2.45) is 0 Å². The van der Waals surface area contributed by atoms with Crippen LogP contribution in [0.5, 0.6) is 0 Å². The number of nitrogen functional groups attached to an aromatic ring is 1. The molecule has 0 spiro atoms. The second-order valence-corrected chi connectivity index (χ2v) is 6.44. The van der Waals surface area contributed by atoms with Gasteiger partial charge in [-0.15, -0.1) is 0 Å². The molecule has 24 heavy (non-hydrogen) atoms. The number of rotatable bonds is 4. The summed E-state index contributed by atoms with van der Waals surface area (Å²) >= 11 is 0. The first-order valence-electron chi connectivity index (χ1n) is 8.44. The smallest absolute Gasteiger partial charge is 0.224 e. The summed E-state index contributed by atoms with van der Waals surface area (Å²) < 4.78 is 5.95. The minimum Gasteiger partial charge on any atom is -0.399 e. The molecule has 0 aromatic heterocycles. The number of carbonyl (C=O) groups excluding carboxylic acids is 1. The lowest BCUT2D eigenvalue weighted by Gasteiger charge is -2.32. The van der Waals surface area contributed by atoms with Gasteiger partial charge >= 0.3 is 0 Å². The second kappa shape index (κ2) is 7.49. The molecular formula is C20H24N2O2. The van der Waals surface area contributed by atoms with Crippen molar-refractivity contribution < 1.29 is 9.53 Å². The van der Waals surface area contributed by atoms with Crippen molar-refractivity contribution in [2.45, 2.75) is 38.3 Å². The molecule has 1 heterocycles. The zero-order valence-corrected chi connectivity index (χ0v) is 14.0. The van der Waals surface area contributed by atoms with Gasteiger partial charge in [-0.2, -0.15) is 0 Å². The van der Waals surface area contributed by atoms with Crippen molar-refractivity contribution >= 4 is 11.6 Å². The van der Waals surface area contributed by atoms with Crippen molar-refractivity contribution in [2.75, 3.05) is 12.3 Å². The molecule has 3 N–H and O–H groups in total. The third-order valence-electron chi connectivity index (χ3n) is 4.42. The van der Waals surface area contributed by atoms with E-state index in [2.05, 4.69) is 36.5 Å². The molecule has 0 bridgehead atoms. The molecular weight excluding hydrogens is 300 g/mol. The molecule has 3 rings (SSSR count). The lowest BCUT2D eigenvalue weighted by atomic mass is 9.95. The summed E-state index contributed by atoms with van der Waals surface area (Å²) in [5, 5.41) is 3.15. The van der Waals surface area contributed by atoms with Crippen LogP contribution in [0.25, 0.3) is 0 Å². The van der Waals surface area contributed by atoms with Gasteiger partial charge in [0.05, 0.1) is 12.5 Å². The van der Waals surface area contributed by atoms with Crippen LogP contribution in [0.15, 0.2) is 48.5 Å². The molecule has 0 saturated carbocycles. The molecule has 0 radical (unpaired) electrons. The molecule has 1 saturated heterocycles. The highest BCUT2D eigenvalue weighted by Gasteiger charge is 2.28. The van der Waals surface area contributed by atoms with E-state index in [4.69, 9.17) is 10.5 Å². The van der Waals surface area contributed by atoms with E-state index >= 15 is 0 Å². The zero-order chi connectivity index (χ0) is 16.9. The van der Waals surface area contributed by atoms with Crippen molar-refractivity contribution in [3.8, 4) is 0 Å². The summed E-state index contributed by atoms with van der Waals surface area (Å²) in [5.41, 5.74) is 9.70. The van der Waals surface area contributed by atoms with E-state index in [0.717, 1.165) is 30.6 Å². The number of ether oxygens (including phenoxy) is 1. The van der Waals surface area contributed by atoms with Gasteiger partial charge in [0.2, 0.25) is 5.91 Å². The van der Waals surface area contributed by atoms with Gasteiger partial charge < -0.3 is 15.8 Å². The number of nitrogens with one attached hydrogen (secondary N) is 1. The van der Waals surface area contributed by atoms with Crippen LogP contribution in [0.3, 0.4) is 0 Å². The SMILES string of the molecule is Cc1ccc(C2OCCCC2NC(=O)Cc2ccc(N)cc2)cc1. The Bertz CT molecular complexity index is 680. The number of benzene rings is 2. The van der Waals surface area contributed by atoms with E-state index in [1.807, 2.05) is 24.3 Å². The molecule has 4 heteroatoms. The lowest BCUT2D eigenvalue weighted by Crippen LogP contribution is -2.43. The van der Waals surface area contributed by atoms with Crippen LogP contribution in [-0.2, 0) is 16.0 Å². The molecule has 1 aliphatic rings. The fraction of sp³-hybridized carbons (Fsp3) is 0.350. The average molecular weight is 324 g/mol. The van der Waals surface area contributed by atoms with E-state index in [9.17, 15) is 4.79 Å². The van der Waals surface area contributed by atoms with Crippen LogP contribution in [0, 0.1) is 6.92 Å². The quantitative estimate of drug-likeness (QED) is 0.849. The van der Waals surface area contributed by atoms with Gasteiger partial charge in [-0.05, 0) is 43.0 Å². The first kappa shape index (κ1) is 16.5. The molecule has 2 aromatic carbocycles. The minimum absolute atomic E-state index is 0.0164. The van der Waals surface area contributed by atoms with Crippen molar-refractivity contribution in [3.05, 3.63) is 65.2 Å². The van der Waals surface area contributed by atoms with Gasteiger partial charge in [-0.25, -0.2) is 0 Å². The van der Waals surface area contributed by atoms with Gasteiger partial charge in [0.15, 0.2) is 0 Å². The highest BCUT2D eigenvalue weighted by molar-refractivity contribution is 5.79. The van der Waals surface area contributed by atoms with E-state index in [1.54, 1.807) is 0 Å². The van der Waals surface area contributed by atoms with E-state index < -0.39 is 0 Å². The Hall–Kier alpha value is -2.33. The number of nitrogens with two attached hydrogens (primary N) is 1. The fourth-order valence-corrected chi connectivity index (χ4v) is 3.09. The Balaban J connectivity index is 1.65. The summed E-state index contributed by atoms with van der Waals surface area (Å²) in [4.78, 5) is 12.4. The number of amides is 1. The monoisotopic (exact) mass is 324 g/mol. The topological polar surface area (TPSA) is 64.3 Å². The Morgan fingerprint density at radius 2 is 1.88 bits per heavy atom. The summed E-state index contributed by atoms with van der Waals surface area (Å²) in [6.45, 7) is 2.81. The molecule has 1 fully saturated rings. The second-order valence-electron chi connectivity index (χ2n) is 6.44. The molecule has 1 aliphatic heterocycles.